The van der Waals surface area contributed by atoms with Gasteiger partial charge in [0.05, 0.1) is 27.6 Å². The van der Waals surface area contributed by atoms with Crippen molar-refractivity contribution in [3.05, 3.63) is 53.1 Å². The van der Waals surface area contributed by atoms with Gasteiger partial charge in [0.2, 0.25) is 0 Å². The molecule has 2 aromatic rings. The fraction of sp³-hybridized carbons (Fsp3) is 0. The number of anilines is 3. The zero-order valence-corrected chi connectivity index (χ0v) is 10.1. The molecule has 4 nitrogen and oxygen atoms in total. The molecule has 92 valence electrons. The molecule has 0 fully saturated rings. The molecule has 0 aliphatic heterocycles. The first kappa shape index (κ1) is 12.3. The maximum Gasteiger partial charge on any atom is 0.335 e. The molecular weight excluding hydrogens is 252 g/mol. The van der Waals surface area contributed by atoms with Gasteiger partial charge in [-0.1, -0.05) is 23.7 Å². The molecule has 2 rings (SSSR count). The van der Waals surface area contributed by atoms with E-state index in [9.17, 15) is 4.79 Å². The Morgan fingerprint density at radius 1 is 1.17 bits per heavy atom. The lowest BCUT2D eigenvalue weighted by molar-refractivity contribution is 0.0697. The molecule has 0 atom stereocenters. The first-order valence-electron chi connectivity index (χ1n) is 5.22. The molecule has 0 amide bonds. The Hall–Kier alpha value is -2.20. The normalized spacial score (nSPS) is 10.1. The van der Waals surface area contributed by atoms with Crippen LogP contribution in [-0.2, 0) is 0 Å². The molecule has 2 aromatic carbocycles. The predicted molar refractivity (Wildman–Crippen MR) is 72.5 cm³/mol. The maximum absolute atomic E-state index is 10.8. The lowest BCUT2D eigenvalue weighted by Gasteiger charge is -2.11. The predicted octanol–water partition coefficient (Wildman–Crippen LogP) is 3.36. The number of carbonyl (C=O) groups is 1. The van der Waals surface area contributed by atoms with E-state index in [0.29, 0.717) is 22.1 Å². The van der Waals surface area contributed by atoms with Gasteiger partial charge in [0.25, 0.3) is 0 Å². The van der Waals surface area contributed by atoms with Gasteiger partial charge in [0.1, 0.15) is 0 Å². The highest BCUT2D eigenvalue weighted by Gasteiger charge is 2.07. The number of nitrogens with one attached hydrogen (secondary N) is 1. The summed E-state index contributed by atoms with van der Waals surface area (Å²) in [5.41, 5.74) is 7.63. The third-order valence-electron chi connectivity index (χ3n) is 2.44. The molecule has 0 saturated carbocycles. The largest absolute Gasteiger partial charge is 0.478 e. The SMILES string of the molecule is Nc1cc(C(=O)O)ccc1Nc1ccccc1Cl. The summed E-state index contributed by atoms with van der Waals surface area (Å²) < 4.78 is 0. The number of hydrogen-bond acceptors (Lipinski definition) is 3. The zero-order valence-electron chi connectivity index (χ0n) is 9.35. The Labute approximate surface area is 109 Å². The number of carboxylic acid groups (broad SMARTS) is 1. The van der Waals surface area contributed by atoms with E-state index in [1.807, 2.05) is 18.2 Å². The highest BCUT2D eigenvalue weighted by Crippen LogP contribution is 2.28. The minimum absolute atomic E-state index is 0.150. The van der Waals surface area contributed by atoms with Crippen LogP contribution < -0.4 is 11.1 Å². The Morgan fingerprint density at radius 2 is 1.89 bits per heavy atom. The maximum atomic E-state index is 10.8. The highest BCUT2D eigenvalue weighted by atomic mass is 35.5. The summed E-state index contributed by atoms with van der Waals surface area (Å²) in [5, 5.41) is 12.5. The van der Waals surface area contributed by atoms with Crippen LogP contribution in [0.15, 0.2) is 42.5 Å². The number of carboxylic acids is 1. The number of aromatic carboxylic acids is 1. The molecule has 0 unspecified atom stereocenters. The first-order chi connectivity index (χ1) is 8.58. The van der Waals surface area contributed by atoms with Crippen molar-refractivity contribution < 1.29 is 9.90 Å². The molecule has 0 spiro atoms. The quantitative estimate of drug-likeness (QED) is 0.742. The second-order valence-electron chi connectivity index (χ2n) is 3.71. The van der Waals surface area contributed by atoms with Gasteiger partial charge in [-0.05, 0) is 30.3 Å². The molecular formula is C13H11ClN2O2. The highest BCUT2D eigenvalue weighted by molar-refractivity contribution is 6.33. The van der Waals surface area contributed by atoms with E-state index in [2.05, 4.69) is 5.32 Å². The molecule has 0 aliphatic carbocycles. The molecule has 0 saturated heterocycles. The fourth-order valence-electron chi connectivity index (χ4n) is 1.52. The van der Waals surface area contributed by atoms with E-state index in [-0.39, 0.29) is 5.56 Å². The third-order valence-corrected chi connectivity index (χ3v) is 2.77. The topological polar surface area (TPSA) is 75.4 Å². The molecule has 4 N–H and O–H groups in total. The van der Waals surface area contributed by atoms with Crippen molar-refractivity contribution in [1.29, 1.82) is 0 Å². The van der Waals surface area contributed by atoms with Crippen LogP contribution in [0.2, 0.25) is 5.02 Å². The molecule has 0 radical (unpaired) electrons. The lowest BCUT2D eigenvalue weighted by Crippen LogP contribution is -2.01. The lowest BCUT2D eigenvalue weighted by atomic mass is 10.1. The molecule has 0 aliphatic rings. The van der Waals surface area contributed by atoms with Gasteiger partial charge in [0.15, 0.2) is 0 Å². The second kappa shape index (κ2) is 4.98. The Kier molecular flexibility index (Phi) is 3.39. The van der Waals surface area contributed by atoms with Crippen LogP contribution in [0.3, 0.4) is 0 Å². The minimum Gasteiger partial charge on any atom is -0.478 e. The van der Waals surface area contributed by atoms with Gasteiger partial charge in [-0.2, -0.15) is 0 Å². The van der Waals surface area contributed by atoms with E-state index in [0.717, 1.165) is 0 Å². The monoisotopic (exact) mass is 262 g/mol. The summed E-state index contributed by atoms with van der Waals surface area (Å²) in [5.74, 6) is -1.01. The molecule has 18 heavy (non-hydrogen) atoms. The van der Waals surface area contributed by atoms with E-state index in [1.54, 1.807) is 12.1 Å². The number of halogens is 1. The number of nitrogens with two attached hydrogens (primary N) is 1. The van der Waals surface area contributed by atoms with Crippen molar-refractivity contribution >= 4 is 34.6 Å². The van der Waals surface area contributed by atoms with Crippen LogP contribution in [0.1, 0.15) is 10.4 Å². The second-order valence-corrected chi connectivity index (χ2v) is 4.12. The number of nitrogen functional groups attached to an aromatic ring is 1. The Bertz CT molecular complexity index is 599. The van der Waals surface area contributed by atoms with E-state index in [4.69, 9.17) is 22.4 Å². The zero-order chi connectivity index (χ0) is 13.1. The van der Waals surface area contributed by atoms with Crippen LogP contribution in [0, 0.1) is 0 Å². The molecule has 0 aromatic heterocycles. The molecule has 5 heteroatoms. The number of para-hydroxylation sites is 1. The van der Waals surface area contributed by atoms with Crippen molar-refractivity contribution in [1.82, 2.24) is 0 Å². The van der Waals surface area contributed by atoms with Crippen molar-refractivity contribution in [3.63, 3.8) is 0 Å². The van der Waals surface area contributed by atoms with Crippen LogP contribution in [0.5, 0.6) is 0 Å². The van der Waals surface area contributed by atoms with Crippen molar-refractivity contribution in [3.8, 4) is 0 Å². The van der Waals surface area contributed by atoms with Crippen molar-refractivity contribution in [2.75, 3.05) is 11.1 Å². The molecule has 0 bridgehead atoms. The average Bonchev–Trinajstić information content (AvgIpc) is 2.34. The summed E-state index contributed by atoms with van der Waals surface area (Å²) >= 11 is 6.01. The number of benzene rings is 2. The summed E-state index contributed by atoms with van der Waals surface area (Å²) in [6, 6.07) is 11.7. The van der Waals surface area contributed by atoms with Gasteiger partial charge in [-0.3, -0.25) is 0 Å². The van der Waals surface area contributed by atoms with Crippen molar-refractivity contribution in [2.45, 2.75) is 0 Å². The summed E-state index contributed by atoms with van der Waals surface area (Å²) in [7, 11) is 0. The minimum atomic E-state index is -1.01. The average molecular weight is 263 g/mol. The Balaban J connectivity index is 2.30. The summed E-state index contributed by atoms with van der Waals surface area (Å²) in [6.45, 7) is 0. The summed E-state index contributed by atoms with van der Waals surface area (Å²) in [4.78, 5) is 10.8. The van der Waals surface area contributed by atoms with Gasteiger partial charge in [-0.15, -0.1) is 0 Å². The summed E-state index contributed by atoms with van der Waals surface area (Å²) in [6.07, 6.45) is 0. The van der Waals surface area contributed by atoms with Gasteiger partial charge in [0, 0.05) is 0 Å². The number of hydrogen-bond donors (Lipinski definition) is 3. The number of rotatable bonds is 3. The van der Waals surface area contributed by atoms with Crippen LogP contribution in [-0.4, -0.2) is 11.1 Å². The van der Waals surface area contributed by atoms with Crippen LogP contribution in [0.4, 0.5) is 17.1 Å². The van der Waals surface area contributed by atoms with Gasteiger partial charge in [-0.25, -0.2) is 4.79 Å². The van der Waals surface area contributed by atoms with Gasteiger partial charge >= 0.3 is 5.97 Å². The first-order valence-corrected chi connectivity index (χ1v) is 5.60. The van der Waals surface area contributed by atoms with Crippen molar-refractivity contribution in [2.24, 2.45) is 0 Å². The standard InChI is InChI=1S/C13H11ClN2O2/c14-9-3-1-2-4-11(9)16-12-6-5-8(13(17)18)7-10(12)15/h1-7,16H,15H2,(H,17,18). The molecule has 0 heterocycles. The van der Waals surface area contributed by atoms with E-state index in [1.165, 1.54) is 12.1 Å². The van der Waals surface area contributed by atoms with E-state index < -0.39 is 5.97 Å². The smallest absolute Gasteiger partial charge is 0.335 e. The van der Waals surface area contributed by atoms with Crippen LogP contribution >= 0.6 is 11.6 Å². The van der Waals surface area contributed by atoms with Crippen LogP contribution in [0.25, 0.3) is 0 Å². The Morgan fingerprint density at radius 3 is 2.50 bits per heavy atom. The van der Waals surface area contributed by atoms with Gasteiger partial charge < -0.3 is 16.2 Å². The fourth-order valence-corrected chi connectivity index (χ4v) is 1.70. The third kappa shape index (κ3) is 2.55. The van der Waals surface area contributed by atoms with E-state index >= 15 is 0 Å².